The molecule has 1 aliphatic heterocycles. The van der Waals surface area contributed by atoms with Crippen LogP contribution in [0.2, 0.25) is 12.1 Å². The maximum absolute atomic E-state index is 12.7. The van der Waals surface area contributed by atoms with Crippen LogP contribution in [0.4, 0.5) is 4.79 Å². The van der Waals surface area contributed by atoms with Crippen LogP contribution in [0.1, 0.15) is 67.2 Å². The summed E-state index contributed by atoms with van der Waals surface area (Å²) in [5.41, 5.74) is 0. The van der Waals surface area contributed by atoms with Gasteiger partial charge in [0.25, 0.3) is 0 Å². The first-order valence-electron chi connectivity index (χ1n) is 14.5. The second-order valence-corrected chi connectivity index (χ2v) is 14.3. The molecule has 224 valence electrons. The first-order valence-corrected chi connectivity index (χ1v) is 18.3. The van der Waals surface area contributed by atoms with E-state index in [0.29, 0.717) is 90.9 Å². The van der Waals surface area contributed by atoms with Gasteiger partial charge in [-0.3, -0.25) is 4.79 Å². The molecule has 0 saturated carbocycles. The Bertz CT molecular complexity index is 566. The molecule has 1 aliphatic rings. The van der Waals surface area contributed by atoms with Crippen molar-refractivity contribution in [2.24, 2.45) is 0 Å². The molecule has 0 unspecified atom stereocenters. The summed E-state index contributed by atoms with van der Waals surface area (Å²) >= 11 is 0. The number of amides is 3. The van der Waals surface area contributed by atoms with Gasteiger partial charge in [0.05, 0.1) is 0 Å². The largest absolute Gasteiger partial charge is 0.500 e. The van der Waals surface area contributed by atoms with Crippen LogP contribution >= 0.6 is 0 Å². The van der Waals surface area contributed by atoms with E-state index in [1.165, 1.54) is 0 Å². The van der Waals surface area contributed by atoms with E-state index in [9.17, 15) is 9.59 Å². The first kappa shape index (κ1) is 35.0. The minimum atomic E-state index is -2.69. The average molecular weight is 580 g/mol. The number of urea groups is 1. The Morgan fingerprint density at radius 1 is 0.605 bits per heavy atom. The summed E-state index contributed by atoms with van der Waals surface area (Å²) in [7, 11) is -5.36. The van der Waals surface area contributed by atoms with E-state index in [0.717, 1.165) is 19.3 Å². The van der Waals surface area contributed by atoms with Crippen molar-refractivity contribution in [3.05, 3.63) is 0 Å². The SMILES string of the molecule is CCO[Si](CCCCC(=O)N1CCN(C(=O)NCCC[Si](OCC)(OCC)OCC)CC1)(OCC)OCC. The standard InChI is InChI=1S/C25H53N3O8Si2/c1-7-31-37(32-8-2,33-9-3)22-14-13-16-24(29)27-18-20-28(21-19-27)25(30)26-17-15-23-38(34-10-4,35-11-5)36-12-6/h7-23H2,1-6H3,(H,26,30). The maximum atomic E-state index is 12.7. The third kappa shape index (κ3) is 12.4. The highest BCUT2D eigenvalue weighted by Gasteiger charge is 2.40. The Labute approximate surface area is 232 Å². The highest BCUT2D eigenvalue weighted by atomic mass is 28.4. The molecular formula is C25H53N3O8Si2. The Morgan fingerprint density at radius 3 is 1.42 bits per heavy atom. The Balaban J connectivity index is 2.36. The van der Waals surface area contributed by atoms with Crippen molar-refractivity contribution in [1.29, 1.82) is 0 Å². The number of nitrogens with one attached hydrogen (secondary N) is 1. The van der Waals surface area contributed by atoms with Gasteiger partial charge < -0.3 is 41.7 Å². The number of unbranched alkanes of at least 4 members (excludes halogenated alkanes) is 1. The zero-order valence-corrected chi connectivity index (χ0v) is 26.7. The Morgan fingerprint density at radius 2 is 1.00 bits per heavy atom. The predicted molar refractivity (Wildman–Crippen MR) is 151 cm³/mol. The fourth-order valence-electron chi connectivity index (χ4n) is 4.55. The summed E-state index contributed by atoms with van der Waals surface area (Å²) in [6.45, 7) is 17.6. The number of hydrogen-bond donors (Lipinski definition) is 1. The molecule has 1 heterocycles. The van der Waals surface area contributed by atoms with Gasteiger partial charge in [-0.05, 0) is 60.8 Å². The van der Waals surface area contributed by atoms with Gasteiger partial charge in [-0.2, -0.15) is 0 Å². The van der Waals surface area contributed by atoms with Gasteiger partial charge in [0.2, 0.25) is 5.91 Å². The van der Waals surface area contributed by atoms with Gasteiger partial charge in [-0.1, -0.05) is 0 Å². The number of carbonyl (C=O) groups excluding carboxylic acids is 2. The lowest BCUT2D eigenvalue weighted by Gasteiger charge is -2.35. The lowest BCUT2D eigenvalue weighted by Crippen LogP contribution is -2.53. The van der Waals surface area contributed by atoms with Crippen LogP contribution in [-0.4, -0.2) is 112 Å². The molecule has 0 aromatic rings. The molecule has 0 radical (unpaired) electrons. The van der Waals surface area contributed by atoms with Crippen LogP contribution in [-0.2, 0) is 31.4 Å². The molecule has 0 aliphatic carbocycles. The van der Waals surface area contributed by atoms with E-state index in [4.69, 9.17) is 26.6 Å². The summed E-state index contributed by atoms with van der Waals surface area (Å²) in [6, 6.07) is 1.28. The number of carbonyl (C=O) groups is 2. The average Bonchev–Trinajstić information content (AvgIpc) is 2.90. The predicted octanol–water partition coefficient (Wildman–Crippen LogP) is 3.50. The third-order valence-corrected chi connectivity index (χ3v) is 12.5. The van der Waals surface area contributed by atoms with Gasteiger partial charge >= 0.3 is 23.6 Å². The van der Waals surface area contributed by atoms with E-state index in [1.807, 2.05) is 46.4 Å². The van der Waals surface area contributed by atoms with E-state index in [2.05, 4.69) is 5.32 Å². The molecule has 1 N–H and O–H groups in total. The van der Waals surface area contributed by atoms with Crippen molar-refractivity contribution >= 4 is 29.5 Å². The van der Waals surface area contributed by atoms with Gasteiger partial charge in [0, 0.05) is 90.9 Å². The van der Waals surface area contributed by atoms with Crippen molar-refractivity contribution in [3.8, 4) is 0 Å². The number of hydrogen-bond acceptors (Lipinski definition) is 8. The Kier molecular flexibility index (Phi) is 18.3. The minimum absolute atomic E-state index is 0.0994. The molecule has 0 bridgehead atoms. The number of nitrogens with zero attached hydrogens (tertiary/aromatic N) is 2. The highest BCUT2D eigenvalue weighted by molar-refractivity contribution is 6.61. The van der Waals surface area contributed by atoms with Crippen LogP contribution in [0.5, 0.6) is 0 Å². The molecule has 38 heavy (non-hydrogen) atoms. The molecule has 11 nitrogen and oxygen atoms in total. The fraction of sp³-hybridized carbons (Fsp3) is 0.920. The molecular weight excluding hydrogens is 526 g/mol. The second-order valence-electron chi connectivity index (χ2n) is 8.87. The molecule has 0 aromatic heterocycles. The fourth-order valence-corrected chi connectivity index (χ4v) is 9.85. The summed E-state index contributed by atoms with van der Waals surface area (Å²) in [6.07, 6.45) is 2.78. The topological polar surface area (TPSA) is 108 Å². The summed E-state index contributed by atoms with van der Waals surface area (Å²) in [4.78, 5) is 29.0. The molecule has 1 saturated heterocycles. The van der Waals surface area contributed by atoms with E-state index in [-0.39, 0.29) is 11.9 Å². The van der Waals surface area contributed by atoms with Crippen molar-refractivity contribution in [2.75, 3.05) is 72.4 Å². The summed E-state index contributed by atoms with van der Waals surface area (Å²) in [5, 5.41) is 2.99. The highest BCUT2D eigenvalue weighted by Crippen LogP contribution is 2.21. The lowest BCUT2D eigenvalue weighted by molar-refractivity contribution is -0.132. The summed E-state index contributed by atoms with van der Waals surface area (Å²) in [5.74, 6) is 0.130. The van der Waals surface area contributed by atoms with Crippen LogP contribution in [0.15, 0.2) is 0 Å². The molecule has 0 spiro atoms. The van der Waals surface area contributed by atoms with Crippen molar-refractivity contribution in [2.45, 2.75) is 79.3 Å². The molecule has 1 fully saturated rings. The number of rotatable bonds is 21. The first-order chi connectivity index (χ1) is 18.3. The number of piperazine rings is 1. The van der Waals surface area contributed by atoms with Crippen molar-refractivity contribution in [1.82, 2.24) is 15.1 Å². The normalized spacial score (nSPS) is 14.7. The molecule has 13 heteroatoms. The van der Waals surface area contributed by atoms with Crippen LogP contribution < -0.4 is 5.32 Å². The maximum Gasteiger partial charge on any atom is 0.500 e. The molecule has 0 atom stereocenters. The monoisotopic (exact) mass is 579 g/mol. The van der Waals surface area contributed by atoms with E-state index >= 15 is 0 Å². The quantitative estimate of drug-likeness (QED) is 0.163. The minimum Gasteiger partial charge on any atom is -0.374 e. The van der Waals surface area contributed by atoms with E-state index in [1.54, 1.807) is 4.90 Å². The zero-order chi connectivity index (χ0) is 28.3. The zero-order valence-electron chi connectivity index (χ0n) is 24.7. The summed E-state index contributed by atoms with van der Waals surface area (Å²) < 4.78 is 35.3. The third-order valence-electron chi connectivity index (χ3n) is 6.16. The van der Waals surface area contributed by atoms with Gasteiger partial charge in [-0.15, -0.1) is 0 Å². The molecule has 1 rings (SSSR count). The lowest BCUT2D eigenvalue weighted by atomic mass is 10.2. The van der Waals surface area contributed by atoms with Gasteiger partial charge in [0.1, 0.15) is 0 Å². The van der Waals surface area contributed by atoms with Crippen LogP contribution in [0, 0.1) is 0 Å². The van der Waals surface area contributed by atoms with E-state index < -0.39 is 17.6 Å². The smallest absolute Gasteiger partial charge is 0.374 e. The van der Waals surface area contributed by atoms with Crippen LogP contribution in [0.25, 0.3) is 0 Å². The second kappa shape index (κ2) is 19.9. The molecule has 3 amide bonds. The Hall–Kier alpha value is -1.07. The molecule has 0 aromatic carbocycles. The van der Waals surface area contributed by atoms with Gasteiger partial charge in [0.15, 0.2) is 0 Å². The van der Waals surface area contributed by atoms with Crippen molar-refractivity contribution in [3.63, 3.8) is 0 Å². The van der Waals surface area contributed by atoms with Crippen LogP contribution in [0.3, 0.4) is 0 Å². The van der Waals surface area contributed by atoms with Gasteiger partial charge in [-0.25, -0.2) is 4.79 Å². The van der Waals surface area contributed by atoms with Crippen molar-refractivity contribution < 1.29 is 36.1 Å².